The van der Waals surface area contributed by atoms with Crippen molar-refractivity contribution in [3.8, 4) is 5.75 Å². The van der Waals surface area contributed by atoms with Crippen LogP contribution in [0.4, 0.5) is 5.69 Å². The second kappa shape index (κ2) is 7.20. The van der Waals surface area contributed by atoms with Gasteiger partial charge in [-0.25, -0.2) is 8.42 Å². The first-order valence-corrected chi connectivity index (χ1v) is 7.69. The van der Waals surface area contributed by atoms with Gasteiger partial charge in [-0.2, -0.15) is 0 Å². The minimum atomic E-state index is -3.38. The van der Waals surface area contributed by atoms with Crippen molar-refractivity contribution >= 4 is 33.2 Å². The molecule has 0 bridgehead atoms. The number of rotatable bonds is 8. The molecule has 0 heterocycles. The lowest BCUT2D eigenvalue weighted by atomic mass is 10.3. The number of carbonyl (C=O) groups is 1. The molecule has 0 aromatic heterocycles. The van der Waals surface area contributed by atoms with Crippen molar-refractivity contribution in [2.45, 2.75) is 6.42 Å². The first kappa shape index (κ1) is 15.6. The summed E-state index contributed by atoms with van der Waals surface area (Å²) in [6, 6.07) is 6.16. The third-order valence-corrected chi connectivity index (χ3v) is 3.70. The van der Waals surface area contributed by atoms with Crippen molar-refractivity contribution < 1.29 is 17.9 Å². The van der Waals surface area contributed by atoms with E-state index in [-0.39, 0.29) is 12.4 Å². The minimum absolute atomic E-state index is 0.0313. The van der Waals surface area contributed by atoms with E-state index in [0.717, 1.165) is 0 Å². The molecule has 0 spiro atoms. The summed E-state index contributed by atoms with van der Waals surface area (Å²) in [4.78, 5) is 10.5. The molecule has 3 N–H and O–H groups in total. The smallest absolute Gasteiger partial charge is 0.255 e. The summed E-state index contributed by atoms with van der Waals surface area (Å²) in [6.45, 7) is -0.221. The number of hydrogen-bond acceptors (Lipinski definition) is 4. The number of alkyl halides is 1. The zero-order valence-corrected chi connectivity index (χ0v) is 11.7. The van der Waals surface area contributed by atoms with Gasteiger partial charge in [-0.15, -0.1) is 11.6 Å². The monoisotopic (exact) mass is 306 g/mol. The molecule has 19 heavy (non-hydrogen) atoms. The summed E-state index contributed by atoms with van der Waals surface area (Å²) in [5.74, 6) is 0.116. The topological polar surface area (TPSA) is 98.5 Å². The molecule has 106 valence electrons. The Bertz CT molecular complexity index is 516. The van der Waals surface area contributed by atoms with Crippen LogP contribution in [0.15, 0.2) is 24.3 Å². The van der Waals surface area contributed by atoms with E-state index in [9.17, 15) is 13.2 Å². The van der Waals surface area contributed by atoms with E-state index in [1.54, 1.807) is 12.1 Å². The van der Waals surface area contributed by atoms with Crippen LogP contribution in [-0.2, 0) is 14.8 Å². The van der Waals surface area contributed by atoms with Crippen LogP contribution in [0.5, 0.6) is 5.75 Å². The highest BCUT2D eigenvalue weighted by Gasteiger charge is 2.09. The van der Waals surface area contributed by atoms with Gasteiger partial charge in [-0.1, -0.05) is 0 Å². The molecule has 8 heteroatoms. The van der Waals surface area contributed by atoms with Crippen LogP contribution in [0.1, 0.15) is 6.42 Å². The molecule has 1 aromatic carbocycles. The normalized spacial score (nSPS) is 11.0. The van der Waals surface area contributed by atoms with E-state index in [0.29, 0.717) is 23.7 Å². The predicted octanol–water partition coefficient (Wildman–Crippen LogP) is 0.921. The zero-order chi connectivity index (χ0) is 14.3. The summed E-state index contributed by atoms with van der Waals surface area (Å²) >= 11 is 5.45. The number of ether oxygens (including phenoxy) is 1. The maximum atomic E-state index is 11.6. The fourth-order valence-electron chi connectivity index (χ4n) is 1.25. The number of halogens is 1. The molecular formula is C11H15ClN2O4S. The van der Waals surface area contributed by atoms with Crippen LogP contribution in [0.25, 0.3) is 0 Å². The van der Waals surface area contributed by atoms with Crippen LogP contribution in [0, 0.1) is 0 Å². The van der Waals surface area contributed by atoms with Crippen LogP contribution in [0.2, 0.25) is 0 Å². The highest BCUT2D eigenvalue weighted by Crippen LogP contribution is 2.16. The van der Waals surface area contributed by atoms with E-state index in [4.69, 9.17) is 22.1 Å². The Morgan fingerprint density at radius 1 is 1.32 bits per heavy atom. The molecule has 0 aliphatic heterocycles. The molecule has 0 aliphatic carbocycles. The SMILES string of the molecule is NC(=O)COc1ccc(NS(=O)(=O)CCCCl)cc1. The van der Waals surface area contributed by atoms with Crippen LogP contribution in [0.3, 0.4) is 0 Å². The van der Waals surface area contributed by atoms with Gasteiger partial charge in [0.1, 0.15) is 5.75 Å². The second-order valence-electron chi connectivity index (χ2n) is 3.74. The van der Waals surface area contributed by atoms with Crippen LogP contribution >= 0.6 is 11.6 Å². The molecule has 0 aliphatic rings. The van der Waals surface area contributed by atoms with Gasteiger partial charge in [-0.05, 0) is 30.7 Å². The summed E-state index contributed by atoms with van der Waals surface area (Å²) in [6.07, 6.45) is 0.386. The second-order valence-corrected chi connectivity index (χ2v) is 5.96. The van der Waals surface area contributed by atoms with Gasteiger partial charge in [0.25, 0.3) is 5.91 Å². The number of nitrogens with one attached hydrogen (secondary N) is 1. The number of benzene rings is 1. The Balaban J connectivity index is 2.59. The Morgan fingerprint density at radius 3 is 2.47 bits per heavy atom. The molecule has 1 aromatic rings. The van der Waals surface area contributed by atoms with E-state index < -0.39 is 15.9 Å². The number of nitrogens with two attached hydrogens (primary N) is 1. The van der Waals surface area contributed by atoms with Crippen molar-refractivity contribution in [3.05, 3.63) is 24.3 Å². The zero-order valence-electron chi connectivity index (χ0n) is 10.1. The molecule has 0 saturated heterocycles. The number of carbonyl (C=O) groups excluding carboxylic acids is 1. The lowest BCUT2D eigenvalue weighted by molar-refractivity contribution is -0.119. The molecule has 0 unspecified atom stereocenters. The van der Waals surface area contributed by atoms with Gasteiger partial charge in [0.05, 0.1) is 5.75 Å². The molecule has 0 atom stereocenters. The van der Waals surface area contributed by atoms with E-state index in [1.165, 1.54) is 12.1 Å². The largest absolute Gasteiger partial charge is 0.484 e. The van der Waals surface area contributed by atoms with Gasteiger partial charge in [0.2, 0.25) is 10.0 Å². The predicted molar refractivity (Wildman–Crippen MR) is 73.9 cm³/mol. The Kier molecular flexibility index (Phi) is 5.91. The number of anilines is 1. The molecule has 6 nitrogen and oxygen atoms in total. The molecule has 1 amide bonds. The Labute approximate surface area is 116 Å². The van der Waals surface area contributed by atoms with E-state index in [1.807, 2.05) is 0 Å². The van der Waals surface area contributed by atoms with Gasteiger partial charge in [-0.3, -0.25) is 9.52 Å². The molecule has 0 saturated carbocycles. The first-order valence-electron chi connectivity index (χ1n) is 5.50. The van der Waals surface area contributed by atoms with Crippen LogP contribution in [-0.4, -0.2) is 32.6 Å². The summed E-state index contributed by atoms with van der Waals surface area (Å²) in [5, 5.41) is 0. The molecule has 0 radical (unpaired) electrons. The molecule has 0 fully saturated rings. The van der Waals surface area contributed by atoms with Crippen LogP contribution < -0.4 is 15.2 Å². The lowest BCUT2D eigenvalue weighted by Crippen LogP contribution is -2.20. The van der Waals surface area contributed by atoms with E-state index >= 15 is 0 Å². The Hall–Kier alpha value is -1.47. The Morgan fingerprint density at radius 2 is 1.95 bits per heavy atom. The number of amides is 1. The maximum absolute atomic E-state index is 11.6. The quantitative estimate of drug-likeness (QED) is 0.698. The van der Waals surface area contributed by atoms with Crippen molar-refractivity contribution in [2.24, 2.45) is 5.73 Å². The fourth-order valence-corrected chi connectivity index (χ4v) is 2.66. The number of primary amides is 1. The minimum Gasteiger partial charge on any atom is -0.484 e. The van der Waals surface area contributed by atoms with Crippen molar-refractivity contribution in [2.75, 3.05) is 23.0 Å². The lowest BCUT2D eigenvalue weighted by Gasteiger charge is -2.08. The number of hydrogen-bond donors (Lipinski definition) is 2. The summed E-state index contributed by atoms with van der Waals surface area (Å²) in [7, 11) is -3.38. The maximum Gasteiger partial charge on any atom is 0.255 e. The molecular weight excluding hydrogens is 292 g/mol. The van der Waals surface area contributed by atoms with Crippen molar-refractivity contribution in [1.82, 2.24) is 0 Å². The number of sulfonamides is 1. The van der Waals surface area contributed by atoms with Crippen molar-refractivity contribution in [3.63, 3.8) is 0 Å². The van der Waals surface area contributed by atoms with Gasteiger partial charge < -0.3 is 10.5 Å². The third kappa shape index (κ3) is 6.30. The highest BCUT2D eigenvalue weighted by molar-refractivity contribution is 7.92. The van der Waals surface area contributed by atoms with Gasteiger partial charge >= 0.3 is 0 Å². The standard InChI is InChI=1S/C11H15ClN2O4S/c12-6-1-7-19(16,17)14-9-2-4-10(5-3-9)18-8-11(13)15/h2-5,14H,1,6-8H2,(H2,13,15). The van der Waals surface area contributed by atoms with Gasteiger partial charge in [0, 0.05) is 11.6 Å². The summed E-state index contributed by atoms with van der Waals surface area (Å²) in [5.41, 5.74) is 5.35. The molecule has 1 rings (SSSR count). The van der Waals surface area contributed by atoms with Gasteiger partial charge in [0.15, 0.2) is 6.61 Å². The van der Waals surface area contributed by atoms with E-state index in [2.05, 4.69) is 4.72 Å². The summed E-state index contributed by atoms with van der Waals surface area (Å²) < 4.78 is 30.7. The third-order valence-electron chi connectivity index (χ3n) is 2.06. The van der Waals surface area contributed by atoms with Crippen molar-refractivity contribution in [1.29, 1.82) is 0 Å². The average Bonchev–Trinajstić information content (AvgIpc) is 2.35. The average molecular weight is 307 g/mol. The first-order chi connectivity index (χ1) is 8.93. The fraction of sp³-hybridized carbons (Fsp3) is 0.364. The highest BCUT2D eigenvalue weighted by atomic mass is 35.5.